The summed E-state index contributed by atoms with van der Waals surface area (Å²) < 4.78 is 0. The summed E-state index contributed by atoms with van der Waals surface area (Å²) in [5, 5.41) is 6.94. The third-order valence-electron chi connectivity index (χ3n) is 3.77. The van der Waals surface area contributed by atoms with Crippen LogP contribution in [0.5, 0.6) is 0 Å². The molecule has 0 aromatic heterocycles. The minimum Gasteiger partial charge on any atom is -0.325 e. The van der Waals surface area contributed by atoms with Crippen molar-refractivity contribution in [3.63, 3.8) is 0 Å². The number of rotatable bonds is 6. The Morgan fingerprint density at radius 1 is 1.13 bits per heavy atom. The molecule has 2 aromatic carbocycles. The Morgan fingerprint density at radius 3 is 2.43 bits per heavy atom. The van der Waals surface area contributed by atoms with Crippen LogP contribution in [-0.2, 0) is 4.79 Å². The van der Waals surface area contributed by atoms with Crippen molar-refractivity contribution in [1.29, 1.82) is 0 Å². The maximum Gasteiger partial charge on any atom is 0.238 e. The number of carbonyl (C=O) groups excluding carboxylic acids is 1. The number of hydrogen-bond acceptors (Lipinski definition) is 2. The molecule has 0 saturated carbocycles. The number of hydrogen-bond donors (Lipinski definition) is 2. The molecule has 0 unspecified atom stereocenters. The second-order valence-corrected chi connectivity index (χ2v) is 6.46. The molecule has 1 atom stereocenters. The largest absolute Gasteiger partial charge is 0.325 e. The van der Waals surface area contributed by atoms with E-state index in [-0.39, 0.29) is 18.5 Å². The summed E-state index contributed by atoms with van der Waals surface area (Å²) in [6.45, 7) is 6.48. The molecule has 2 rings (SSSR count). The van der Waals surface area contributed by atoms with Crippen molar-refractivity contribution in [3.8, 4) is 0 Å². The molecule has 0 aliphatic carbocycles. The molecular weight excluding hydrogens is 308 g/mol. The fourth-order valence-corrected chi connectivity index (χ4v) is 2.79. The van der Waals surface area contributed by atoms with Crippen LogP contribution in [0.2, 0.25) is 5.02 Å². The third-order valence-corrected chi connectivity index (χ3v) is 4.01. The van der Waals surface area contributed by atoms with Crippen molar-refractivity contribution in [1.82, 2.24) is 5.32 Å². The molecule has 0 bridgehead atoms. The molecule has 2 aromatic rings. The molecule has 0 fully saturated rings. The van der Waals surface area contributed by atoms with Crippen molar-refractivity contribution in [3.05, 3.63) is 64.7 Å². The van der Waals surface area contributed by atoms with Gasteiger partial charge in [-0.3, -0.25) is 4.79 Å². The molecule has 0 heterocycles. The lowest BCUT2D eigenvalue weighted by molar-refractivity contribution is -0.115. The number of benzene rings is 2. The molecule has 4 heteroatoms. The van der Waals surface area contributed by atoms with Crippen LogP contribution in [0.25, 0.3) is 0 Å². The first-order valence-electron chi connectivity index (χ1n) is 7.81. The average molecular weight is 331 g/mol. The lowest BCUT2D eigenvalue weighted by Crippen LogP contribution is -2.33. The Bertz CT molecular complexity index is 656. The second kappa shape index (κ2) is 8.14. The fraction of sp³-hybridized carbons (Fsp3) is 0.316. The van der Waals surface area contributed by atoms with E-state index in [2.05, 4.69) is 36.6 Å². The highest BCUT2D eigenvalue weighted by molar-refractivity contribution is 6.30. The quantitative estimate of drug-likeness (QED) is 0.814. The molecule has 0 spiro atoms. The lowest BCUT2D eigenvalue weighted by atomic mass is 9.96. The molecule has 0 radical (unpaired) electrons. The topological polar surface area (TPSA) is 41.1 Å². The zero-order chi connectivity index (χ0) is 16.8. The van der Waals surface area contributed by atoms with Crippen molar-refractivity contribution in [2.45, 2.75) is 26.8 Å². The molecular formula is C19H23ClN2O. The maximum absolute atomic E-state index is 12.2. The molecule has 0 aliphatic rings. The van der Waals surface area contributed by atoms with Crippen LogP contribution in [0.3, 0.4) is 0 Å². The Balaban J connectivity index is 1.97. The molecule has 23 heavy (non-hydrogen) atoms. The third kappa shape index (κ3) is 5.08. The Labute approximate surface area is 143 Å². The van der Waals surface area contributed by atoms with Gasteiger partial charge in [-0.1, -0.05) is 55.8 Å². The van der Waals surface area contributed by atoms with Gasteiger partial charge in [0.1, 0.15) is 0 Å². The molecule has 122 valence electrons. The molecule has 0 aliphatic heterocycles. The molecule has 0 saturated heterocycles. The highest BCUT2D eigenvalue weighted by Crippen LogP contribution is 2.22. The number of aryl methyl sites for hydroxylation is 1. The van der Waals surface area contributed by atoms with Crippen LogP contribution in [0, 0.1) is 12.8 Å². The first-order chi connectivity index (χ1) is 11.0. The summed E-state index contributed by atoms with van der Waals surface area (Å²) in [4.78, 5) is 12.2. The van der Waals surface area contributed by atoms with Crippen molar-refractivity contribution in [2.75, 3.05) is 11.9 Å². The highest BCUT2D eigenvalue weighted by Gasteiger charge is 2.16. The Morgan fingerprint density at radius 2 is 1.83 bits per heavy atom. The van der Waals surface area contributed by atoms with Gasteiger partial charge in [-0.2, -0.15) is 0 Å². The zero-order valence-electron chi connectivity index (χ0n) is 13.8. The predicted molar refractivity (Wildman–Crippen MR) is 96.8 cm³/mol. The van der Waals surface area contributed by atoms with Gasteiger partial charge in [0.15, 0.2) is 0 Å². The van der Waals surface area contributed by atoms with Crippen molar-refractivity contribution >= 4 is 23.2 Å². The monoisotopic (exact) mass is 330 g/mol. The van der Waals surface area contributed by atoms with Crippen LogP contribution in [0.1, 0.15) is 31.0 Å². The fourth-order valence-electron chi connectivity index (χ4n) is 2.56. The van der Waals surface area contributed by atoms with Crippen LogP contribution in [0.15, 0.2) is 48.5 Å². The van der Waals surface area contributed by atoms with Crippen LogP contribution in [0.4, 0.5) is 5.69 Å². The standard InChI is InChI=1S/C19H23ClN2O/c1-13(2)19(15-7-5-4-6-8-15)21-12-18(23)22-17-10-9-16(20)11-14(17)3/h4-11,13,19,21H,12H2,1-3H3,(H,22,23)/t19-/m1/s1. The number of nitrogens with one attached hydrogen (secondary N) is 2. The van der Waals surface area contributed by atoms with E-state index >= 15 is 0 Å². The minimum atomic E-state index is -0.0583. The first-order valence-corrected chi connectivity index (χ1v) is 8.19. The van der Waals surface area contributed by atoms with Crippen molar-refractivity contribution in [2.24, 2.45) is 5.92 Å². The van der Waals surface area contributed by atoms with Gasteiger partial charge in [-0.05, 0) is 42.2 Å². The van der Waals surface area contributed by atoms with Gasteiger partial charge in [-0.15, -0.1) is 0 Å². The van der Waals surface area contributed by atoms with Gasteiger partial charge >= 0.3 is 0 Å². The molecule has 1 amide bonds. The first kappa shape index (κ1) is 17.5. The zero-order valence-corrected chi connectivity index (χ0v) is 14.5. The average Bonchev–Trinajstić information content (AvgIpc) is 2.51. The van der Waals surface area contributed by atoms with Crippen molar-refractivity contribution < 1.29 is 4.79 Å². The van der Waals surface area contributed by atoms with E-state index in [1.54, 1.807) is 6.07 Å². The molecule has 2 N–H and O–H groups in total. The Kier molecular flexibility index (Phi) is 6.20. The van der Waals surface area contributed by atoms with Gasteiger partial charge in [0.2, 0.25) is 5.91 Å². The summed E-state index contributed by atoms with van der Waals surface area (Å²) in [6, 6.07) is 15.8. The normalized spacial score (nSPS) is 12.2. The van der Waals surface area contributed by atoms with Crippen LogP contribution < -0.4 is 10.6 Å². The van der Waals surface area contributed by atoms with Crippen LogP contribution in [-0.4, -0.2) is 12.5 Å². The second-order valence-electron chi connectivity index (χ2n) is 6.02. The van der Waals surface area contributed by atoms with Gasteiger partial charge in [0, 0.05) is 16.8 Å². The summed E-state index contributed by atoms with van der Waals surface area (Å²) in [6.07, 6.45) is 0. The Hall–Kier alpha value is -1.84. The number of halogens is 1. The van der Waals surface area contributed by atoms with E-state index in [9.17, 15) is 4.79 Å². The smallest absolute Gasteiger partial charge is 0.238 e. The SMILES string of the molecule is Cc1cc(Cl)ccc1NC(=O)CN[C@@H](c1ccccc1)C(C)C. The predicted octanol–water partition coefficient (Wildman–Crippen LogP) is 4.57. The number of anilines is 1. The van der Waals surface area contributed by atoms with E-state index in [4.69, 9.17) is 11.6 Å². The maximum atomic E-state index is 12.2. The van der Waals surface area contributed by atoms with E-state index < -0.39 is 0 Å². The van der Waals surface area contributed by atoms with Crippen LogP contribution >= 0.6 is 11.6 Å². The number of carbonyl (C=O) groups is 1. The number of amides is 1. The minimum absolute atomic E-state index is 0.0583. The van der Waals surface area contributed by atoms with Gasteiger partial charge in [-0.25, -0.2) is 0 Å². The van der Waals surface area contributed by atoms with E-state index in [1.165, 1.54) is 5.56 Å². The van der Waals surface area contributed by atoms with E-state index in [0.29, 0.717) is 10.9 Å². The molecule has 3 nitrogen and oxygen atoms in total. The summed E-state index contributed by atoms with van der Waals surface area (Å²) in [7, 11) is 0. The lowest BCUT2D eigenvalue weighted by Gasteiger charge is -2.23. The summed E-state index contributed by atoms with van der Waals surface area (Å²) in [5.41, 5.74) is 2.94. The van der Waals surface area contributed by atoms with Gasteiger partial charge in [0.05, 0.1) is 6.54 Å². The highest BCUT2D eigenvalue weighted by atomic mass is 35.5. The summed E-state index contributed by atoms with van der Waals surface area (Å²) >= 11 is 5.93. The van der Waals surface area contributed by atoms with Gasteiger partial charge < -0.3 is 10.6 Å². The van der Waals surface area contributed by atoms with E-state index in [1.807, 2.05) is 37.3 Å². The van der Waals surface area contributed by atoms with Gasteiger partial charge in [0.25, 0.3) is 0 Å². The van der Waals surface area contributed by atoms with E-state index in [0.717, 1.165) is 11.3 Å². The summed E-state index contributed by atoms with van der Waals surface area (Å²) in [5.74, 6) is 0.333.